The lowest BCUT2D eigenvalue weighted by Crippen LogP contribution is -2.17. The van der Waals surface area contributed by atoms with Crippen molar-refractivity contribution in [2.45, 2.75) is 90.4 Å². The average molecular weight is 355 g/mol. The second-order valence-electron chi connectivity index (χ2n) is 6.76. The maximum absolute atomic E-state index is 11.8. The van der Waals surface area contributed by atoms with E-state index in [4.69, 9.17) is 5.11 Å². The van der Waals surface area contributed by atoms with Gasteiger partial charge in [-0.25, -0.2) is 0 Å². The van der Waals surface area contributed by atoms with E-state index in [1.807, 2.05) is 0 Å². The molecule has 0 aliphatic carbocycles. The Bertz CT molecular complexity index is 363. The Morgan fingerprint density at radius 1 is 0.960 bits per heavy atom. The lowest BCUT2D eigenvalue weighted by atomic mass is 9.93. The van der Waals surface area contributed by atoms with E-state index in [-0.39, 0.29) is 24.3 Å². The molecule has 0 heterocycles. The van der Waals surface area contributed by atoms with Gasteiger partial charge in [0.25, 0.3) is 0 Å². The van der Waals surface area contributed by atoms with Gasteiger partial charge in [0.2, 0.25) is 0 Å². The first-order chi connectivity index (χ1) is 12.2. The SMILES string of the molecule is CCCCCCC(CC=CCCCCCCCC(=O)OC)C(=O)CO. The van der Waals surface area contributed by atoms with Gasteiger partial charge in [0.15, 0.2) is 5.78 Å². The van der Waals surface area contributed by atoms with Crippen LogP contribution in [0.1, 0.15) is 90.4 Å². The fourth-order valence-electron chi connectivity index (χ4n) is 2.90. The van der Waals surface area contributed by atoms with Crippen LogP contribution in [0.25, 0.3) is 0 Å². The summed E-state index contributed by atoms with van der Waals surface area (Å²) in [6.07, 6.45) is 17.6. The van der Waals surface area contributed by atoms with Crippen LogP contribution in [0.2, 0.25) is 0 Å². The summed E-state index contributed by atoms with van der Waals surface area (Å²) >= 11 is 0. The molecule has 4 nitrogen and oxygen atoms in total. The van der Waals surface area contributed by atoms with E-state index in [0.29, 0.717) is 6.42 Å². The topological polar surface area (TPSA) is 63.6 Å². The molecule has 1 unspecified atom stereocenters. The molecule has 0 spiro atoms. The number of methoxy groups -OCH3 is 1. The predicted octanol–water partition coefficient (Wildman–Crippen LogP) is 4.98. The van der Waals surface area contributed by atoms with Crippen molar-refractivity contribution in [1.82, 2.24) is 0 Å². The number of ether oxygens (including phenoxy) is 1. The molecule has 0 amide bonds. The Morgan fingerprint density at radius 2 is 1.64 bits per heavy atom. The maximum atomic E-state index is 11.8. The van der Waals surface area contributed by atoms with Gasteiger partial charge in [-0.1, -0.05) is 64.0 Å². The molecule has 1 atom stereocenters. The number of ketones is 1. The average Bonchev–Trinajstić information content (AvgIpc) is 2.63. The third kappa shape index (κ3) is 14.9. The number of hydrogen-bond acceptors (Lipinski definition) is 4. The quantitative estimate of drug-likeness (QED) is 0.227. The van der Waals surface area contributed by atoms with E-state index in [9.17, 15) is 9.59 Å². The summed E-state index contributed by atoms with van der Waals surface area (Å²) in [5.74, 6) is -0.159. The first-order valence-electron chi connectivity index (χ1n) is 10.0. The van der Waals surface area contributed by atoms with Gasteiger partial charge in [0.05, 0.1) is 7.11 Å². The lowest BCUT2D eigenvalue weighted by molar-refractivity contribution is -0.140. The Morgan fingerprint density at radius 3 is 2.32 bits per heavy atom. The van der Waals surface area contributed by atoms with Crippen LogP contribution in [-0.2, 0) is 14.3 Å². The van der Waals surface area contributed by atoms with Crippen LogP contribution >= 0.6 is 0 Å². The molecule has 25 heavy (non-hydrogen) atoms. The monoisotopic (exact) mass is 354 g/mol. The fraction of sp³-hybridized carbons (Fsp3) is 0.810. The van der Waals surface area contributed by atoms with Crippen molar-refractivity contribution in [3.63, 3.8) is 0 Å². The number of aliphatic hydroxyl groups excluding tert-OH is 1. The summed E-state index contributed by atoms with van der Waals surface area (Å²) in [6, 6.07) is 0. The van der Waals surface area contributed by atoms with E-state index >= 15 is 0 Å². The molecular weight excluding hydrogens is 316 g/mol. The molecule has 146 valence electrons. The third-order valence-electron chi connectivity index (χ3n) is 4.58. The zero-order valence-electron chi connectivity index (χ0n) is 16.3. The zero-order valence-corrected chi connectivity index (χ0v) is 16.3. The summed E-state index contributed by atoms with van der Waals surface area (Å²) in [6.45, 7) is 1.84. The molecule has 4 heteroatoms. The second-order valence-corrected chi connectivity index (χ2v) is 6.76. The minimum Gasteiger partial charge on any atom is -0.469 e. The first-order valence-corrected chi connectivity index (χ1v) is 10.0. The number of Topliss-reactive ketones (excluding diaryl/α,β-unsaturated/α-hetero) is 1. The molecule has 0 radical (unpaired) electrons. The molecule has 1 N–H and O–H groups in total. The largest absolute Gasteiger partial charge is 0.469 e. The third-order valence-corrected chi connectivity index (χ3v) is 4.58. The van der Waals surface area contributed by atoms with E-state index < -0.39 is 0 Å². The summed E-state index contributed by atoms with van der Waals surface area (Å²) < 4.78 is 4.62. The van der Waals surface area contributed by atoms with Gasteiger partial charge in [-0.2, -0.15) is 0 Å². The highest BCUT2D eigenvalue weighted by atomic mass is 16.5. The highest BCUT2D eigenvalue weighted by molar-refractivity contribution is 5.82. The maximum Gasteiger partial charge on any atom is 0.305 e. The van der Waals surface area contributed by atoms with Gasteiger partial charge >= 0.3 is 5.97 Å². The van der Waals surface area contributed by atoms with Gasteiger partial charge in [-0.05, 0) is 32.1 Å². The van der Waals surface area contributed by atoms with E-state index in [2.05, 4.69) is 23.8 Å². The zero-order chi connectivity index (χ0) is 18.8. The van der Waals surface area contributed by atoms with Gasteiger partial charge in [0.1, 0.15) is 6.61 Å². The fourth-order valence-corrected chi connectivity index (χ4v) is 2.90. The molecular formula is C21H38O4. The van der Waals surface area contributed by atoms with E-state index in [1.165, 1.54) is 32.8 Å². The number of rotatable bonds is 17. The van der Waals surface area contributed by atoms with Crippen LogP contribution in [0.5, 0.6) is 0 Å². The number of allylic oxidation sites excluding steroid dienone is 2. The lowest BCUT2D eigenvalue weighted by Gasteiger charge is -2.12. The Labute approximate surface area is 154 Å². The Kier molecular flexibility index (Phi) is 16.8. The van der Waals surface area contributed by atoms with Crippen molar-refractivity contribution < 1.29 is 19.4 Å². The smallest absolute Gasteiger partial charge is 0.305 e. The van der Waals surface area contributed by atoms with E-state index in [1.54, 1.807) is 0 Å². The van der Waals surface area contributed by atoms with Gasteiger partial charge in [0, 0.05) is 12.3 Å². The van der Waals surface area contributed by atoms with Crippen molar-refractivity contribution in [3.8, 4) is 0 Å². The Balaban J connectivity index is 3.72. The van der Waals surface area contributed by atoms with Gasteiger partial charge < -0.3 is 9.84 Å². The second kappa shape index (κ2) is 17.7. The molecule has 0 aromatic rings. The highest BCUT2D eigenvalue weighted by Gasteiger charge is 2.15. The van der Waals surface area contributed by atoms with Crippen molar-refractivity contribution >= 4 is 11.8 Å². The standard InChI is InChI=1S/C21H38O4/c1-3-4-5-12-15-19(20(23)18-22)16-13-10-8-6-7-9-11-14-17-21(24)25-2/h10,13,19,22H,3-9,11-12,14-18H2,1-2H3. The molecule has 0 rings (SSSR count). The Hall–Kier alpha value is -1.16. The van der Waals surface area contributed by atoms with Crippen molar-refractivity contribution in [3.05, 3.63) is 12.2 Å². The minimum atomic E-state index is -0.335. The van der Waals surface area contributed by atoms with Crippen molar-refractivity contribution in [2.24, 2.45) is 5.92 Å². The van der Waals surface area contributed by atoms with E-state index in [0.717, 1.165) is 51.4 Å². The summed E-state index contributed by atoms with van der Waals surface area (Å²) in [5, 5.41) is 9.10. The van der Waals surface area contributed by atoms with Gasteiger partial charge in [-0.3, -0.25) is 9.59 Å². The van der Waals surface area contributed by atoms with Crippen LogP contribution in [0, 0.1) is 5.92 Å². The molecule has 0 fully saturated rings. The molecule has 0 aliphatic rings. The molecule has 0 aromatic heterocycles. The van der Waals surface area contributed by atoms with Crippen molar-refractivity contribution in [2.75, 3.05) is 13.7 Å². The normalized spacial score (nSPS) is 12.4. The van der Waals surface area contributed by atoms with Crippen LogP contribution in [0.3, 0.4) is 0 Å². The molecule has 0 aliphatic heterocycles. The predicted molar refractivity (Wildman–Crippen MR) is 102 cm³/mol. The first kappa shape index (κ1) is 23.8. The van der Waals surface area contributed by atoms with Crippen LogP contribution in [-0.4, -0.2) is 30.6 Å². The number of unbranched alkanes of at least 4 members (excludes halogenated alkanes) is 8. The molecule has 0 saturated heterocycles. The molecule has 0 saturated carbocycles. The number of esters is 1. The molecule has 0 aromatic carbocycles. The van der Waals surface area contributed by atoms with Crippen molar-refractivity contribution in [1.29, 1.82) is 0 Å². The minimum absolute atomic E-state index is 0.0172. The number of aliphatic hydroxyl groups is 1. The van der Waals surface area contributed by atoms with Gasteiger partial charge in [-0.15, -0.1) is 0 Å². The summed E-state index contributed by atoms with van der Waals surface area (Å²) in [7, 11) is 1.43. The summed E-state index contributed by atoms with van der Waals surface area (Å²) in [5.41, 5.74) is 0. The summed E-state index contributed by atoms with van der Waals surface area (Å²) in [4.78, 5) is 22.8. The number of carbonyl (C=O) groups is 2. The molecule has 0 bridgehead atoms. The van der Waals surface area contributed by atoms with Crippen LogP contribution < -0.4 is 0 Å². The number of carbonyl (C=O) groups excluding carboxylic acids is 2. The number of hydrogen-bond donors (Lipinski definition) is 1. The van der Waals surface area contributed by atoms with Crippen LogP contribution in [0.15, 0.2) is 12.2 Å². The highest BCUT2D eigenvalue weighted by Crippen LogP contribution is 2.17. The van der Waals surface area contributed by atoms with Crippen LogP contribution in [0.4, 0.5) is 0 Å².